The van der Waals surface area contributed by atoms with Crippen molar-refractivity contribution in [3.63, 3.8) is 0 Å². The van der Waals surface area contributed by atoms with Gasteiger partial charge < -0.3 is 4.57 Å². The standard InChI is InChI=1S/C15H19N.C4H10/c1-12-7-8-15-13(11-12)9-10-16(15)14-5-3-2-4-6-14;1-4(2)3/h7-11,14H,2-6H2,1H3;4H,1-3H3. The Kier molecular flexibility index (Phi) is 5.28. The Hall–Kier alpha value is -1.24. The third-order valence-electron chi connectivity index (χ3n) is 3.84. The predicted molar refractivity (Wildman–Crippen MR) is 89.3 cm³/mol. The summed E-state index contributed by atoms with van der Waals surface area (Å²) < 4.78 is 2.49. The van der Waals surface area contributed by atoms with Crippen LogP contribution in [-0.4, -0.2) is 4.57 Å². The molecule has 1 fully saturated rings. The second-order valence-corrected chi connectivity index (χ2v) is 6.81. The van der Waals surface area contributed by atoms with Crippen LogP contribution in [0.2, 0.25) is 0 Å². The van der Waals surface area contributed by atoms with Gasteiger partial charge in [0.25, 0.3) is 0 Å². The van der Waals surface area contributed by atoms with Crippen LogP contribution < -0.4 is 0 Å². The molecule has 0 radical (unpaired) electrons. The highest BCUT2D eigenvalue weighted by Gasteiger charge is 2.16. The van der Waals surface area contributed by atoms with Gasteiger partial charge in [-0.25, -0.2) is 0 Å². The summed E-state index contributed by atoms with van der Waals surface area (Å²) in [7, 11) is 0. The lowest BCUT2D eigenvalue weighted by molar-refractivity contribution is 0.361. The lowest BCUT2D eigenvalue weighted by Crippen LogP contribution is -2.11. The molecule has 3 rings (SSSR count). The van der Waals surface area contributed by atoms with E-state index in [4.69, 9.17) is 0 Å². The Morgan fingerprint density at radius 3 is 2.30 bits per heavy atom. The highest BCUT2D eigenvalue weighted by molar-refractivity contribution is 5.81. The highest BCUT2D eigenvalue weighted by atomic mass is 15.0. The summed E-state index contributed by atoms with van der Waals surface area (Å²) >= 11 is 0. The average Bonchev–Trinajstić information content (AvgIpc) is 2.82. The molecule has 0 amide bonds. The molecule has 1 heterocycles. The van der Waals surface area contributed by atoms with Gasteiger partial charge in [-0.2, -0.15) is 0 Å². The van der Waals surface area contributed by atoms with Crippen LogP contribution in [0.1, 0.15) is 64.5 Å². The van der Waals surface area contributed by atoms with Crippen LogP contribution in [0.3, 0.4) is 0 Å². The first kappa shape index (κ1) is 15.2. The lowest BCUT2D eigenvalue weighted by atomic mass is 9.95. The van der Waals surface area contributed by atoms with Gasteiger partial charge in [0.15, 0.2) is 0 Å². The number of rotatable bonds is 1. The lowest BCUT2D eigenvalue weighted by Gasteiger charge is -2.24. The van der Waals surface area contributed by atoms with Crippen LogP contribution in [0.15, 0.2) is 30.5 Å². The number of hydrogen-bond donors (Lipinski definition) is 0. The van der Waals surface area contributed by atoms with E-state index in [1.807, 2.05) is 0 Å². The topological polar surface area (TPSA) is 4.93 Å². The highest BCUT2D eigenvalue weighted by Crippen LogP contribution is 2.31. The summed E-state index contributed by atoms with van der Waals surface area (Å²) in [5, 5.41) is 1.39. The van der Waals surface area contributed by atoms with E-state index in [1.54, 1.807) is 0 Å². The molecule has 0 spiro atoms. The fourth-order valence-corrected chi connectivity index (χ4v) is 2.96. The minimum Gasteiger partial charge on any atom is -0.344 e. The van der Waals surface area contributed by atoms with Crippen molar-refractivity contribution in [2.45, 2.75) is 65.8 Å². The normalized spacial score (nSPS) is 16.2. The van der Waals surface area contributed by atoms with Crippen molar-refractivity contribution < 1.29 is 0 Å². The minimum atomic E-state index is 0.744. The molecule has 1 saturated carbocycles. The smallest absolute Gasteiger partial charge is 0.0483 e. The molecule has 0 bridgehead atoms. The zero-order chi connectivity index (χ0) is 14.5. The van der Waals surface area contributed by atoms with E-state index < -0.39 is 0 Å². The summed E-state index contributed by atoms with van der Waals surface area (Å²) in [6, 6.07) is 9.79. The zero-order valence-corrected chi connectivity index (χ0v) is 13.5. The van der Waals surface area contributed by atoms with E-state index >= 15 is 0 Å². The molecule has 1 nitrogen and oxygen atoms in total. The fourth-order valence-electron chi connectivity index (χ4n) is 2.96. The molecule has 0 atom stereocenters. The van der Waals surface area contributed by atoms with E-state index in [1.165, 1.54) is 48.6 Å². The number of aromatic nitrogens is 1. The van der Waals surface area contributed by atoms with Crippen LogP contribution in [0.4, 0.5) is 0 Å². The molecule has 2 aromatic rings. The van der Waals surface area contributed by atoms with Gasteiger partial charge in [-0.05, 0) is 49.3 Å². The molecule has 0 unspecified atom stereocenters. The van der Waals surface area contributed by atoms with E-state index in [0.29, 0.717) is 0 Å². The summed E-state index contributed by atoms with van der Waals surface area (Å²) in [6.07, 6.45) is 9.22. The Labute approximate surface area is 124 Å². The predicted octanol–water partition coefficient (Wildman–Crippen LogP) is 6.12. The molecule has 1 aliphatic rings. The Balaban J connectivity index is 0.000000328. The molecule has 1 heteroatoms. The minimum absolute atomic E-state index is 0.744. The van der Waals surface area contributed by atoms with Crippen LogP contribution >= 0.6 is 0 Å². The van der Waals surface area contributed by atoms with Gasteiger partial charge in [0.05, 0.1) is 0 Å². The summed E-state index contributed by atoms with van der Waals surface area (Å²) in [5.74, 6) is 0.833. The number of aryl methyl sites for hydroxylation is 1. The first-order chi connectivity index (χ1) is 9.58. The Morgan fingerprint density at radius 2 is 1.65 bits per heavy atom. The quantitative estimate of drug-likeness (QED) is 0.589. The van der Waals surface area contributed by atoms with Gasteiger partial charge in [0.1, 0.15) is 0 Å². The molecule has 1 aromatic carbocycles. The number of hydrogen-bond acceptors (Lipinski definition) is 0. The first-order valence-electron chi connectivity index (χ1n) is 8.15. The van der Waals surface area contributed by atoms with E-state index in [0.717, 1.165) is 12.0 Å². The van der Waals surface area contributed by atoms with Crippen molar-refractivity contribution in [1.29, 1.82) is 0 Å². The molecule has 20 heavy (non-hydrogen) atoms. The maximum atomic E-state index is 2.49. The number of nitrogens with zero attached hydrogens (tertiary/aromatic N) is 1. The average molecular weight is 271 g/mol. The number of fused-ring (bicyclic) bond motifs is 1. The van der Waals surface area contributed by atoms with Crippen molar-refractivity contribution in [2.75, 3.05) is 0 Å². The monoisotopic (exact) mass is 271 g/mol. The second-order valence-electron chi connectivity index (χ2n) is 6.81. The Morgan fingerprint density at radius 1 is 1.00 bits per heavy atom. The Bertz CT molecular complexity index is 527. The van der Waals surface area contributed by atoms with Crippen LogP contribution in [0.25, 0.3) is 10.9 Å². The van der Waals surface area contributed by atoms with Gasteiger partial charge >= 0.3 is 0 Å². The SMILES string of the molecule is CC(C)C.Cc1ccc2c(ccn2C2CCCCC2)c1. The maximum Gasteiger partial charge on any atom is 0.0483 e. The molecule has 1 aliphatic carbocycles. The van der Waals surface area contributed by atoms with Crippen molar-refractivity contribution in [3.8, 4) is 0 Å². The van der Waals surface area contributed by atoms with Crippen molar-refractivity contribution in [1.82, 2.24) is 4.57 Å². The first-order valence-corrected chi connectivity index (χ1v) is 8.15. The third kappa shape index (κ3) is 3.88. The van der Waals surface area contributed by atoms with Crippen molar-refractivity contribution in [3.05, 3.63) is 36.0 Å². The molecule has 0 N–H and O–H groups in total. The molecule has 0 aliphatic heterocycles. The second kappa shape index (κ2) is 6.97. The van der Waals surface area contributed by atoms with Crippen LogP contribution in [-0.2, 0) is 0 Å². The van der Waals surface area contributed by atoms with E-state index in [9.17, 15) is 0 Å². The van der Waals surface area contributed by atoms with Gasteiger partial charge in [-0.3, -0.25) is 0 Å². The molecular formula is C19H29N. The summed E-state index contributed by atoms with van der Waals surface area (Å²) in [6.45, 7) is 8.66. The van der Waals surface area contributed by atoms with Crippen molar-refractivity contribution in [2.24, 2.45) is 5.92 Å². The van der Waals surface area contributed by atoms with Crippen LogP contribution in [0, 0.1) is 12.8 Å². The fraction of sp³-hybridized carbons (Fsp3) is 0.579. The van der Waals surface area contributed by atoms with Crippen LogP contribution in [0.5, 0.6) is 0 Å². The number of benzene rings is 1. The van der Waals surface area contributed by atoms with Gasteiger partial charge in [-0.1, -0.05) is 51.7 Å². The molecule has 0 saturated heterocycles. The van der Waals surface area contributed by atoms with Gasteiger partial charge in [-0.15, -0.1) is 0 Å². The van der Waals surface area contributed by atoms with Gasteiger partial charge in [0.2, 0.25) is 0 Å². The zero-order valence-electron chi connectivity index (χ0n) is 13.5. The van der Waals surface area contributed by atoms with Crippen molar-refractivity contribution >= 4 is 10.9 Å². The summed E-state index contributed by atoms with van der Waals surface area (Å²) in [5.41, 5.74) is 2.77. The van der Waals surface area contributed by atoms with Gasteiger partial charge in [0, 0.05) is 17.8 Å². The largest absolute Gasteiger partial charge is 0.344 e. The molecular weight excluding hydrogens is 242 g/mol. The maximum absolute atomic E-state index is 2.49. The van der Waals surface area contributed by atoms with E-state index in [2.05, 4.69) is 62.7 Å². The molecule has 1 aromatic heterocycles. The third-order valence-corrected chi connectivity index (χ3v) is 3.84. The molecule has 110 valence electrons. The summed E-state index contributed by atoms with van der Waals surface area (Å²) in [4.78, 5) is 0. The van der Waals surface area contributed by atoms with E-state index in [-0.39, 0.29) is 0 Å².